The van der Waals surface area contributed by atoms with Crippen molar-refractivity contribution >= 4 is 27.8 Å². The fraction of sp³-hybridized carbons (Fsp3) is 0.444. The van der Waals surface area contributed by atoms with Crippen LogP contribution in [0, 0.1) is 0 Å². The summed E-state index contributed by atoms with van der Waals surface area (Å²) in [6, 6.07) is 0. The zero-order chi connectivity index (χ0) is 14.9. The largest absolute Gasteiger partial charge is 0.471 e. The highest BCUT2D eigenvalue weighted by Gasteiger charge is 2.36. The lowest BCUT2D eigenvalue weighted by Gasteiger charge is -2.07. The molecule has 0 spiro atoms. The van der Waals surface area contributed by atoms with Gasteiger partial charge in [-0.2, -0.15) is 23.3 Å². The molecule has 2 heterocycles. The lowest BCUT2D eigenvalue weighted by Crippen LogP contribution is -2.24. The van der Waals surface area contributed by atoms with Gasteiger partial charge in [-0.3, -0.25) is 18.7 Å². The highest BCUT2D eigenvalue weighted by molar-refractivity contribution is 7.85. The highest BCUT2D eigenvalue weighted by atomic mass is 32.2. The van der Waals surface area contributed by atoms with E-state index in [0.717, 1.165) is 0 Å². The second kappa shape index (κ2) is 5.23. The Kier molecular flexibility index (Phi) is 3.79. The van der Waals surface area contributed by atoms with E-state index in [-0.39, 0.29) is 17.9 Å². The molecule has 0 aliphatic heterocycles. The molecule has 0 saturated carbocycles. The van der Waals surface area contributed by atoms with Crippen LogP contribution in [0.1, 0.15) is 0 Å². The second-order valence-corrected chi connectivity index (χ2v) is 5.40. The molecule has 0 amide bonds. The van der Waals surface area contributed by atoms with E-state index in [1.54, 1.807) is 7.05 Å². The molecule has 2 N–H and O–H groups in total. The van der Waals surface area contributed by atoms with Gasteiger partial charge in [-0.15, -0.1) is 0 Å². The molecule has 2 aromatic heterocycles. The quantitative estimate of drug-likeness (QED) is 0.849. The average Bonchev–Trinajstić information content (AvgIpc) is 2.70. The predicted molar refractivity (Wildman–Crippen MR) is 66.7 cm³/mol. The summed E-state index contributed by atoms with van der Waals surface area (Å²) in [6.07, 6.45) is 1.34. The van der Waals surface area contributed by atoms with Gasteiger partial charge in [0.15, 0.2) is 5.65 Å². The van der Waals surface area contributed by atoms with Crippen molar-refractivity contribution in [2.24, 2.45) is 7.05 Å². The molecule has 1 unspecified atom stereocenters. The summed E-state index contributed by atoms with van der Waals surface area (Å²) in [7, 11) is -1.36. The smallest absolute Gasteiger partial charge is 0.355 e. The Morgan fingerprint density at radius 1 is 1.50 bits per heavy atom. The zero-order valence-corrected chi connectivity index (χ0v) is 11.0. The zero-order valence-electron chi connectivity index (χ0n) is 10.2. The average molecular weight is 309 g/mol. The maximum Gasteiger partial charge on any atom is 0.471 e. The molecule has 110 valence electrons. The highest BCUT2D eigenvalue weighted by Crippen LogP contribution is 2.19. The number of anilines is 1. The number of halogens is 3. The SMILES string of the molecule is Cn1ncc2c(=O)[nH]c(NCCS(=O)C(F)(F)F)nc21. The number of aryl methyl sites for hydroxylation is 1. The monoisotopic (exact) mass is 309 g/mol. The van der Waals surface area contributed by atoms with Gasteiger partial charge in [0, 0.05) is 19.3 Å². The Morgan fingerprint density at radius 2 is 2.20 bits per heavy atom. The van der Waals surface area contributed by atoms with Crippen LogP contribution in [-0.2, 0) is 17.8 Å². The molecule has 0 aromatic carbocycles. The van der Waals surface area contributed by atoms with E-state index in [9.17, 15) is 22.2 Å². The van der Waals surface area contributed by atoms with E-state index in [4.69, 9.17) is 0 Å². The Balaban J connectivity index is 2.09. The summed E-state index contributed by atoms with van der Waals surface area (Å²) < 4.78 is 48.3. The van der Waals surface area contributed by atoms with Gasteiger partial charge in [-0.25, -0.2) is 0 Å². The van der Waals surface area contributed by atoms with E-state index in [2.05, 4.69) is 20.4 Å². The van der Waals surface area contributed by atoms with Gasteiger partial charge < -0.3 is 5.32 Å². The third kappa shape index (κ3) is 2.98. The molecule has 11 heteroatoms. The molecule has 0 fully saturated rings. The van der Waals surface area contributed by atoms with E-state index in [0.29, 0.717) is 5.65 Å². The Labute approximate surface area is 112 Å². The first-order valence-corrected chi connectivity index (χ1v) is 6.72. The first-order valence-electron chi connectivity index (χ1n) is 5.40. The van der Waals surface area contributed by atoms with Crippen molar-refractivity contribution < 1.29 is 17.4 Å². The molecule has 7 nitrogen and oxygen atoms in total. The molecular formula is C9H10F3N5O2S. The molecule has 1 atom stereocenters. The van der Waals surface area contributed by atoms with E-state index >= 15 is 0 Å². The van der Waals surface area contributed by atoms with Gasteiger partial charge in [0.1, 0.15) is 16.2 Å². The number of alkyl halides is 3. The lowest BCUT2D eigenvalue weighted by atomic mass is 10.4. The van der Waals surface area contributed by atoms with Crippen LogP contribution in [0.3, 0.4) is 0 Å². The number of fused-ring (bicyclic) bond motifs is 1. The van der Waals surface area contributed by atoms with Crippen LogP contribution in [-0.4, -0.2) is 41.8 Å². The van der Waals surface area contributed by atoms with Crippen molar-refractivity contribution in [3.8, 4) is 0 Å². The van der Waals surface area contributed by atoms with Crippen LogP contribution in [0.4, 0.5) is 19.1 Å². The number of H-pyrrole nitrogens is 1. The molecule has 2 aromatic rings. The normalized spacial score (nSPS) is 13.6. The Hall–Kier alpha value is -1.91. The predicted octanol–water partition coefficient (Wildman–Crippen LogP) is 0.337. The third-order valence-electron chi connectivity index (χ3n) is 2.44. The van der Waals surface area contributed by atoms with Crippen LogP contribution >= 0.6 is 0 Å². The van der Waals surface area contributed by atoms with Crippen LogP contribution in [0.25, 0.3) is 11.0 Å². The van der Waals surface area contributed by atoms with Gasteiger partial charge in [0.05, 0.1) is 6.20 Å². The molecule has 0 radical (unpaired) electrons. The molecule has 20 heavy (non-hydrogen) atoms. The van der Waals surface area contributed by atoms with Crippen molar-refractivity contribution in [1.29, 1.82) is 0 Å². The minimum Gasteiger partial charge on any atom is -0.355 e. The number of nitrogens with one attached hydrogen (secondary N) is 2. The lowest BCUT2D eigenvalue weighted by molar-refractivity contribution is -0.0383. The van der Waals surface area contributed by atoms with Gasteiger partial charge in [-0.05, 0) is 0 Å². The summed E-state index contributed by atoms with van der Waals surface area (Å²) in [6.45, 7) is -0.238. The first-order chi connectivity index (χ1) is 9.29. The van der Waals surface area contributed by atoms with Crippen LogP contribution in [0.2, 0.25) is 0 Å². The van der Waals surface area contributed by atoms with E-state index < -0.39 is 27.6 Å². The van der Waals surface area contributed by atoms with Crippen LogP contribution in [0.15, 0.2) is 11.0 Å². The molecule has 0 bridgehead atoms. The third-order valence-corrected chi connectivity index (χ3v) is 3.53. The Bertz CT molecular complexity index is 708. The standard InChI is InChI=1S/C9H10F3N5O2S/c1-17-6-5(4-14-17)7(18)16-8(15-6)13-2-3-20(19)9(10,11)12/h4H,2-3H2,1H3,(H2,13,15,16,18). The number of hydrogen-bond donors (Lipinski definition) is 2. The number of rotatable bonds is 4. The first kappa shape index (κ1) is 14.5. The fourth-order valence-corrected chi connectivity index (χ4v) is 2.01. The fourth-order valence-electron chi connectivity index (χ4n) is 1.49. The van der Waals surface area contributed by atoms with Gasteiger partial charge in [-0.1, -0.05) is 0 Å². The van der Waals surface area contributed by atoms with Gasteiger partial charge in [0.25, 0.3) is 5.56 Å². The van der Waals surface area contributed by atoms with Crippen molar-refractivity contribution in [1.82, 2.24) is 19.7 Å². The minimum atomic E-state index is -4.74. The van der Waals surface area contributed by atoms with Crippen molar-refractivity contribution in [2.75, 3.05) is 17.6 Å². The van der Waals surface area contributed by atoms with Crippen molar-refractivity contribution in [2.45, 2.75) is 5.51 Å². The van der Waals surface area contributed by atoms with Crippen molar-refractivity contribution in [3.05, 3.63) is 16.6 Å². The summed E-state index contributed by atoms with van der Waals surface area (Å²) in [5.74, 6) is -0.623. The number of aromatic amines is 1. The summed E-state index contributed by atoms with van der Waals surface area (Å²) in [5, 5.41) is 6.62. The second-order valence-electron chi connectivity index (χ2n) is 3.84. The Morgan fingerprint density at radius 3 is 2.85 bits per heavy atom. The van der Waals surface area contributed by atoms with Crippen molar-refractivity contribution in [3.63, 3.8) is 0 Å². The van der Waals surface area contributed by atoms with Crippen LogP contribution < -0.4 is 10.9 Å². The number of nitrogens with zero attached hydrogens (tertiary/aromatic N) is 3. The maximum atomic E-state index is 12.0. The molecule has 0 aliphatic rings. The molecule has 2 rings (SSSR count). The topological polar surface area (TPSA) is 92.7 Å². The van der Waals surface area contributed by atoms with Crippen LogP contribution in [0.5, 0.6) is 0 Å². The molecular weight excluding hydrogens is 299 g/mol. The van der Waals surface area contributed by atoms with E-state index in [1.807, 2.05) is 0 Å². The number of hydrogen-bond acceptors (Lipinski definition) is 5. The minimum absolute atomic E-state index is 0.00488. The molecule has 0 aliphatic carbocycles. The summed E-state index contributed by atoms with van der Waals surface area (Å²) >= 11 is 0. The number of aromatic nitrogens is 4. The molecule has 0 saturated heterocycles. The summed E-state index contributed by atoms with van der Waals surface area (Å²) in [5.41, 5.74) is -4.90. The van der Waals surface area contributed by atoms with Gasteiger partial charge in [0.2, 0.25) is 5.95 Å². The summed E-state index contributed by atoms with van der Waals surface area (Å²) in [4.78, 5) is 18.0. The maximum absolute atomic E-state index is 12.0. The van der Waals surface area contributed by atoms with Gasteiger partial charge >= 0.3 is 5.51 Å². The van der Waals surface area contributed by atoms with E-state index in [1.165, 1.54) is 10.9 Å².